The standard InChI is InChI=1S/C14H18N2O2/c1-10-7-13(15-8-14(2,18)9-17)11-5-3-4-6-12(11)16-10/h3-7,17-18H,8-9H2,1-2H3,(H,15,16). The van der Waals surface area contributed by atoms with Gasteiger partial charge in [-0.1, -0.05) is 18.2 Å². The molecule has 0 saturated heterocycles. The number of hydrogen-bond donors (Lipinski definition) is 3. The summed E-state index contributed by atoms with van der Waals surface area (Å²) in [5.41, 5.74) is 1.63. The first-order valence-corrected chi connectivity index (χ1v) is 5.95. The Balaban J connectivity index is 2.33. The molecule has 0 saturated carbocycles. The van der Waals surface area contributed by atoms with Crippen LogP contribution in [0, 0.1) is 6.92 Å². The van der Waals surface area contributed by atoms with E-state index in [4.69, 9.17) is 5.11 Å². The van der Waals surface area contributed by atoms with E-state index in [2.05, 4.69) is 10.3 Å². The SMILES string of the molecule is Cc1cc(NCC(C)(O)CO)c2ccccc2n1. The van der Waals surface area contributed by atoms with E-state index >= 15 is 0 Å². The number of anilines is 1. The summed E-state index contributed by atoms with van der Waals surface area (Å²) < 4.78 is 0. The lowest BCUT2D eigenvalue weighted by atomic mass is 10.1. The van der Waals surface area contributed by atoms with Gasteiger partial charge in [-0.2, -0.15) is 0 Å². The van der Waals surface area contributed by atoms with E-state index in [1.807, 2.05) is 37.3 Å². The number of nitrogens with one attached hydrogen (secondary N) is 1. The van der Waals surface area contributed by atoms with Gasteiger partial charge in [-0.3, -0.25) is 4.98 Å². The molecule has 0 bridgehead atoms. The molecule has 0 amide bonds. The maximum atomic E-state index is 9.80. The van der Waals surface area contributed by atoms with Gasteiger partial charge in [-0.25, -0.2) is 0 Å². The Kier molecular flexibility index (Phi) is 3.50. The van der Waals surface area contributed by atoms with Crippen molar-refractivity contribution in [2.75, 3.05) is 18.5 Å². The molecule has 4 nitrogen and oxygen atoms in total. The first kappa shape index (κ1) is 12.8. The molecule has 0 aliphatic rings. The van der Waals surface area contributed by atoms with Crippen LogP contribution in [0.1, 0.15) is 12.6 Å². The Morgan fingerprint density at radius 2 is 2.06 bits per heavy atom. The zero-order valence-corrected chi connectivity index (χ0v) is 10.6. The van der Waals surface area contributed by atoms with E-state index in [1.54, 1.807) is 6.92 Å². The Labute approximate surface area is 106 Å². The summed E-state index contributed by atoms with van der Waals surface area (Å²) in [6, 6.07) is 9.78. The highest BCUT2D eigenvalue weighted by atomic mass is 16.3. The van der Waals surface area contributed by atoms with Crippen molar-refractivity contribution in [3.05, 3.63) is 36.0 Å². The maximum absolute atomic E-state index is 9.80. The fraction of sp³-hybridized carbons (Fsp3) is 0.357. The van der Waals surface area contributed by atoms with E-state index in [0.717, 1.165) is 22.3 Å². The third kappa shape index (κ3) is 2.78. The highest BCUT2D eigenvalue weighted by molar-refractivity contribution is 5.91. The molecule has 2 rings (SSSR count). The largest absolute Gasteiger partial charge is 0.393 e. The first-order valence-electron chi connectivity index (χ1n) is 5.95. The number of hydrogen-bond acceptors (Lipinski definition) is 4. The van der Waals surface area contributed by atoms with E-state index < -0.39 is 5.60 Å². The maximum Gasteiger partial charge on any atom is 0.102 e. The van der Waals surface area contributed by atoms with Crippen LogP contribution in [0.4, 0.5) is 5.69 Å². The molecule has 96 valence electrons. The molecule has 1 atom stereocenters. The monoisotopic (exact) mass is 246 g/mol. The number of aliphatic hydroxyl groups is 2. The normalized spacial score (nSPS) is 14.4. The lowest BCUT2D eigenvalue weighted by Crippen LogP contribution is -2.37. The third-order valence-electron chi connectivity index (χ3n) is 2.84. The van der Waals surface area contributed by atoms with Crippen LogP contribution in [0.15, 0.2) is 30.3 Å². The van der Waals surface area contributed by atoms with Crippen LogP contribution in [0.5, 0.6) is 0 Å². The van der Waals surface area contributed by atoms with Gasteiger partial charge < -0.3 is 15.5 Å². The van der Waals surface area contributed by atoms with Crippen LogP contribution >= 0.6 is 0 Å². The number of aliphatic hydroxyl groups excluding tert-OH is 1. The van der Waals surface area contributed by atoms with Gasteiger partial charge in [0.2, 0.25) is 0 Å². The van der Waals surface area contributed by atoms with Crippen molar-refractivity contribution in [1.82, 2.24) is 4.98 Å². The summed E-state index contributed by atoms with van der Waals surface area (Å²) in [7, 11) is 0. The number of pyridine rings is 1. The van der Waals surface area contributed by atoms with Gasteiger partial charge in [0.05, 0.1) is 12.1 Å². The first-order chi connectivity index (χ1) is 8.52. The quantitative estimate of drug-likeness (QED) is 0.768. The number of aryl methyl sites for hydroxylation is 1. The van der Waals surface area contributed by atoms with Crippen molar-refractivity contribution < 1.29 is 10.2 Å². The van der Waals surface area contributed by atoms with Gasteiger partial charge in [0.25, 0.3) is 0 Å². The predicted octanol–water partition coefficient (Wildman–Crippen LogP) is 1.70. The van der Waals surface area contributed by atoms with E-state index in [-0.39, 0.29) is 13.2 Å². The summed E-state index contributed by atoms with van der Waals surface area (Å²) in [5.74, 6) is 0. The van der Waals surface area contributed by atoms with Gasteiger partial charge >= 0.3 is 0 Å². The predicted molar refractivity (Wildman–Crippen MR) is 72.7 cm³/mol. The Morgan fingerprint density at radius 1 is 1.33 bits per heavy atom. The molecule has 1 unspecified atom stereocenters. The van der Waals surface area contributed by atoms with Crippen LogP contribution in [0.2, 0.25) is 0 Å². The van der Waals surface area contributed by atoms with Crippen LogP contribution in [0.25, 0.3) is 10.9 Å². The molecule has 1 aromatic carbocycles. The number of benzene rings is 1. The Morgan fingerprint density at radius 3 is 2.78 bits per heavy atom. The fourth-order valence-corrected chi connectivity index (χ4v) is 1.80. The van der Waals surface area contributed by atoms with Crippen molar-refractivity contribution in [2.24, 2.45) is 0 Å². The summed E-state index contributed by atoms with van der Waals surface area (Å²) in [6.07, 6.45) is 0. The molecule has 0 spiro atoms. The number of fused-ring (bicyclic) bond motifs is 1. The van der Waals surface area contributed by atoms with Crippen molar-refractivity contribution in [3.8, 4) is 0 Å². The minimum absolute atomic E-state index is 0.276. The Hall–Kier alpha value is -1.65. The highest BCUT2D eigenvalue weighted by Crippen LogP contribution is 2.23. The summed E-state index contributed by atoms with van der Waals surface area (Å²) in [4.78, 5) is 4.45. The molecule has 0 aliphatic heterocycles. The average molecular weight is 246 g/mol. The van der Waals surface area contributed by atoms with Gasteiger partial charge in [0.1, 0.15) is 5.60 Å². The molecule has 1 aromatic heterocycles. The molecule has 2 aromatic rings. The zero-order valence-electron chi connectivity index (χ0n) is 10.6. The lowest BCUT2D eigenvalue weighted by Gasteiger charge is -2.22. The summed E-state index contributed by atoms with van der Waals surface area (Å²) in [6.45, 7) is 3.54. The zero-order chi connectivity index (χ0) is 13.2. The fourth-order valence-electron chi connectivity index (χ4n) is 1.80. The van der Waals surface area contributed by atoms with E-state index in [9.17, 15) is 5.11 Å². The summed E-state index contributed by atoms with van der Waals surface area (Å²) >= 11 is 0. The third-order valence-corrected chi connectivity index (χ3v) is 2.84. The van der Waals surface area contributed by atoms with Crippen molar-refractivity contribution in [2.45, 2.75) is 19.4 Å². The molecular weight excluding hydrogens is 228 g/mol. The second kappa shape index (κ2) is 4.92. The Bertz CT molecular complexity index is 552. The van der Waals surface area contributed by atoms with Crippen molar-refractivity contribution in [3.63, 3.8) is 0 Å². The second-order valence-electron chi connectivity index (χ2n) is 4.84. The van der Waals surface area contributed by atoms with Crippen LogP contribution in [0.3, 0.4) is 0 Å². The number of para-hydroxylation sites is 1. The average Bonchev–Trinajstić information content (AvgIpc) is 2.36. The van der Waals surface area contributed by atoms with Gasteiger partial charge in [-0.15, -0.1) is 0 Å². The number of aromatic nitrogens is 1. The van der Waals surface area contributed by atoms with Gasteiger partial charge in [0, 0.05) is 23.3 Å². The molecule has 4 heteroatoms. The molecular formula is C14H18N2O2. The number of nitrogens with zero attached hydrogens (tertiary/aromatic N) is 1. The van der Waals surface area contributed by atoms with Crippen molar-refractivity contribution in [1.29, 1.82) is 0 Å². The molecule has 3 N–H and O–H groups in total. The lowest BCUT2D eigenvalue weighted by molar-refractivity contribution is 0.0132. The number of rotatable bonds is 4. The van der Waals surface area contributed by atoms with Crippen LogP contribution < -0.4 is 5.32 Å². The van der Waals surface area contributed by atoms with E-state index in [0.29, 0.717) is 0 Å². The second-order valence-corrected chi connectivity index (χ2v) is 4.84. The smallest absolute Gasteiger partial charge is 0.102 e. The van der Waals surface area contributed by atoms with Crippen molar-refractivity contribution >= 4 is 16.6 Å². The summed E-state index contributed by atoms with van der Waals surface area (Å²) in [5, 5.41) is 23.0. The van der Waals surface area contributed by atoms with Gasteiger partial charge in [0.15, 0.2) is 0 Å². The van der Waals surface area contributed by atoms with Crippen LogP contribution in [-0.4, -0.2) is 33.9 Å². The molecule has 1 heterocycles. The highest BCUT2D eigenvalue weighted by Gasteiger charge is 2.18. The minimum atomic E-state index is -1.13. The van der Waals surface area contributed by atoms with Gasteiger partial charge in [-0.05, 0) is 26.0 Å². The molecule has 0 fully saturated rings. The minimum Gasteiger partial charge on any atom is -0.393 e. The van der Waals surface area contributed by atoms with Crippen LogP contribution in [-0.2, 0) is 0 Å². The van der Waals surface area contributed by atoms with E-state index in [1.165, 1.54) is 0 Å². The molecule has 18 heavy (non-hydrogen) atoms. The molecule has 0 radical (unpaired) electrons. The topological polar surface area (TPSA) is 65.4 Å². The molecule has 0 aliphatic carbocycles.